The molecular formula is C21H22. The molecule has 0 fully saturated rings. The summed E-state index contributed by atoms with van der Waals surface area (Å²) in [6, 6.07) is 9.41. The average molecular weight is 274 g/mol. The smallest absolute Gasteiger partial charge is 0.0159 e. The molecule has 0 heterocycles. The van der Waals surface area contributed by atoms with Crippen LogP contribution in [0.2, 0.25) is 0 Å². The lowest BCUT2D eigenvalue weighted by Gasteiger charge is -2.24. The van der Waals surface area contributed by atoms with E-state index < -0.39 is 0 Å². The van der Waals surface area contributed by atoms with Crippen molar-refractivity contribution in [1.82, 2.24) is 0 Å². The van der Waals surface area contributed by atoms with Gasteiger partial charge in [0.05, 0.1) is 0 Å². The SMILES string of the molecule is Cc1ccc2c(c1)C(C)(C)c1cc(C)c3c(c1-2)C=CCC3. The third kappa shape index (κ3) is 1.62. The predicted octanol–water partition coefficient (Wildman–Crippen LogP) is 5.57. The fraction of sp³-hybridized carbons (Fsp3) is 0.333. The van der Waals surface area contributed by atoms with E-state index in [1.807, 2.05) is 0 Å². The first kappa shape index (κ1) is 12.9. The molecular weight excluding hydrogens is 252 g/mol. The van der Waals surface area contributed by atoms with Crippen molar-refractivity contribution in [2.45, 2.75) is 46.0 Å². The molecule has 0 unspecified atom stereocenters. The van der Waals surface area contributed by atoms with Crippen LogP contribution in [0, 0.1) is 13.8 Å². The third-order valence-corrected chi connectivity index (χ3v) is 5.34. The predicted molar refractivity (Wildman–Crippen MR) is 90.8 cm³/mol. The van der Waals surface area contributed by atoms with E-state index in [0.717, 1.165) is 0 Å². The zero-order chi connectivity index (χ0) is 14.8. The minimum absolute atomic E-state index is 0.113. The number of benzene rings is 2. The summed E-state index contributed by atoms with van der Waals surface area (Å²) in [5.41, 5.74) is 11.9. The summed E-state index contributed by atoms with van der Waals surface area (Å²) in [5.74, 6) is 0. The molecule has 0 aromatic heterocycles. The molecule has 4 rings (SSSR count). The fourth-order valence-corrected chi connectivity index (χ4v) is 4.15. The lowest BCUT2D eigenvalue weighted by molar-refractivity contribution is 0.658. The van der Waals surface area contributed by atoms with Crippen molar-refractivity contribution < 1.29 is 0 Å². The van der Waals surface area contributed by atoms with Crippen molar-refractivity contribution in [3.05, 3.63) is 63.7 Å². The highest BCUT2D eigenvalue weighted by atomic mass is 14.4. The average Bonchev–Trinajstić information content (AvgIpc) is 2.68. The van der Waals surface area contributed by atoms with Gasteiger partial charge in [-0.3, -0.25) is 0 Å². The maximum absolute atomic E-state index is 2.45. The van der Waals surface area contributed by atoms with Gasteiger partial charge in [0, 0.05) is 5.41 Å². The highest BCUT2D eigenvalue weighted by molar-refractivity contribution is 5.89. The number of allylic oxidation sites excluding steroid dienone is 1. The Labute approximate surface area is 127 Å². The molecule has 2 aliphatic carbocycles. The zero-order valence-corrected chi connectivity index (χ0v) is 13.4. The summed E-state index contributed by atoms with van der Waals surface area (Å²) in [6.07, 6.45) is 7.06. The van der Waals surface area contributed by atoms with E-state index in [1.165, 1.54) is 51.8 Å². The molecule has 0 N–H and O–H groups in total. The van der Waals surface area contributed by atoms with Gasteiger partial charge in [-0.15, -0.1) is 0 Å². The van der Waals surface area contributed by atoms with Crippen molar-refractivity contribution in [2.24, 2.45) is 0 Å². The highest BCUT2D eigenvalue weighted by Gasteiger charge is 2.37. The monoisotopic (exact) mass is 274 g/mol. The second-order valence-electron chi connectivity index (χ2n) is 7.12. The van der Waals surface area contributed by atoms with Crippen molar-refractivity contribution in [3.63, 3.8) is 0 Å². The van der Waals surface area contributed by atoms with Crippen LogP contribution in [0.3, 0.4) is 0 Å². The fourth-order valence-electron chi connectivity index (χ4n) is 4.15. The summed E-state index contributed by atoms with van der Waals surface area (Å²) in [4.78, 5) is 0. The Kier molecular flexibility index (Phi) is 2.52. The Morgan fingerprint density at radius 1 is 1.00 bits per heavy atom. The van der Waals surface area contributed by atoms with Gasteiger partial charge in [-0.05, 0) is 65.6 Å². The first-order chi connectivity index (χ1) is 10.00. The van der Waals surface area contributed by atoms with Crippen LogP contribution in [0.25, 0.3) is 17.2 Å². The van der Waals surface area contributed by atoms with Crippen LogP contribution in [0.5, 0.6) is 0 Å². The van der Waals surface area contributed by atoms with Gasteiger partial charge >= 0.3 is 0 Å². The van der Waals surface area contributed by atoms with Crippen LogP contribution in [-0.4, -0.2) is 0 Å². The van der Waals surface area contributed by atoms with Gasteiger partial charge in [0.1, 0.15) is 0 Å². The Morgan fingerprint density at radius 3 is 2.62 bits per heavy atom. The number of rotatable bonds is 0. The largest absolute Gasteiger partial charge is 0.0836 e. The van der Waals surface area contributed by atoms with Gasteiger partial charge in [-0.25, -0.2) is 0 Å². The molecule has 0 nitrogen and oxygen atoms in total. The van der Waals surface area contributed by atoms with E-state index in [4.69, 9.17) is 0 Å². The summed E-state index contributed by atoms with van der Waals surface area (Å²) < 4.78 is 0. The highest BCUT2D eigenvalue weighted by Crippen LogP contribution is 2.52. The van der Waals surface area contributed by atoms with Gasteiger partial charge in [0.15, 0.2) is 0 Å². The van der Waals surface area contributed by atoms with Gasteiger partial charge in [0.25, 0.3) is 0 Å². The molecule has 0 atom stereocenters. The van der Waals surface area contributed by atoms with Crippen LogP contribution < -0.4 is 0 Å². The molecule has 0 saturated carbocycles. The van der Waals surface area contributed by atoms with E-state index in [9.17, 15) is 0 Å². The molecule has 0 heteroatoms. The summed E-state index contributed by atoms with van der Waals surface area (Å²) in [5, 5.41) is 0. The first-order valence-corrected chi connectivity index (χ1v) is 7.95. The second kappa shape index (κ2) is 4.10. The van der Waals surface area contributed by atoms with E-state index in [2.05, 4.69) is 64.1 Å². The second-order valence-corrected chi connectivity index (χ2v) is 7.12. The Bertz CT molecular complexity index is 788. The van der Waals surface area contributed by atoms with Crippen LogP contribution in [0.1, 0.15) is 53.6 Å². The summed E-state index contributed by atoms with van der Waals surface area (Å²) in [7, 11) is 0. The van der Waals surface area contributed by atoms with Crippen molar-refractivity contribution in [3.8, 4) is 11.1 Å². The molecule has 2 aliphatic rings. The van der Waals surface area contributed by atoms with Crippen molar-refractivity contribution in [1.29, 1.82) is 0 Å². The molecule has 0 spiro atoms. The van der Waals surface area contributed by atoms with Crippen LogP contribution >= 0.6 is 0 Å². The lowest BCUT2D eigenvalue weighted by atomic mass is 9.79. The molecule has 0 bridgehead atoms. The van der Waals surface area contributed by atoms with Crippen LogP contribution in [0.4, 0.5) is 0 Å². The Hall–Kier alpha value is -1.82. The van der Waals surface area contributed by atoms with E-state index in [1.54, 1.807) is 5.56 Å². The number of fused-ring (bicyclic) bond motifs is 5. The normalized spacial score (nSPS) is 17.3. The third-order valence-electron chi connectivity index (χ3n) is 5.34. The van der Waals surface area contributed by atoms with Gasteiger partial charge < -0.3 is 0 Å². The molecule has 2 aromatic carbocycles. The maximum atomic E-state index is 2.45. The molecule has 0 aliphatic heterocycles. The van der Waals surface area contributed by atoms with Crippen LogP contribution in [0.15, 0.2) is 30.3 Å². The number of hydrogen-bond acceptors (Lipinski definition) is 0. The van der Waals surface area contributed by atoms with Crippen molar-refractivity contribution in [2.75, 3.05) is 0 Å². The molecule has 106 valence electrons. The quantitative estimate of drug-likeness (QED) is 0.589. The Morgan fingerprint density at radius 2 is 1.81 bits per heavy atom. The number of aryl methyl sites for hydroxylation is 2. The molecule has 21 heavy (non-hydrogen) atoms. The molecule has 0 amide bonds. The molecule has 0 saturated heterocycles. The van der Waals surface area contributed by atoms with E-state index in [0.29, 0.717) is 0 Å². The molecule has 0 radical (unpaired) electrons. The minimum atomic E-state index is 0.113. The first-order valence-electron chi connectivity index (χ1n) is 7.95. The van der Waals surface area contributed by atoms with E-state index in [-0.39, 0.29) is 5.41 Å². The minimum Gasteiger partial charge on any atom is -0.0836 e. The van der Waals surface area contributed by atoms with Gasteiger partial charge in [0.2, 0.25) is 0 Å². The maximum Gasteiger partial charge on any atom is 0.0159 e. The topological polar surface area (TPSA) is 0 Å². The summed E-state index contributed by atoms with van der Waals surface area (Å²) in [6.45, 7) is 9.22. The lowest BCUT2D eigenvalue weighted by Crippen LogP contribution is -2.16. The van der Waals surface area contributed by atoms with Crippen molar-refractivity contribution >= 4 is 6.08 Å². The zero-order valence-electron chi connectivity index (χ0n) is 13.4. The van der Waals surface area contributed by atoms with Gasteiger partial charge in [-0.2, -0.15) is 0 Å². The van der Waals surface area contributed by atoms with Crippen LogP contribution in [-0.2, 0) is 11.8 Å². The standard InChI is InChI=1S/C21H22/c1-13-9-10-17-18(11-13)21(3,4)19-12-14(2)15-7-5-6-8-16(15)20(17)19/h6,8-12H,5,7H2,1-4H3. The number of hydrogen-bond donors (Lipinski definition) is 0. The van der Waals surface area contributed by atoms with Gasteiger partial charge in [-0.1, -0.05) is 55.8 Å². The summed E-state index contributed by atoms with van der Waals surface area (Å²) >= 11 is 0. The molecule has 2 aromatic rings. The van der Waals surface area contributed by atoms with E-state index >= 15 is 0 Å². The Balaban J connectivity index is 2.14.